The van der Waals surface area contributed by atoms with Gasteiger partial charge in [0.15, 0.2) is 0 Å². The molecule has 1 aliphatic heterocycles. The molecule has 1 fully saturated rings. The average Bonchev–Trinajstić information content (AvgIpc) is 2.89. The van der Waals surface area contributed by atoms with Crippen molar-refractivity contribution in [3.63, 3.8) is 0 Å². The van der Waals surface area contributed by atoms with E-state index >= 15 is 0 Å². The number of oxazole rings is 1. The fourth-order valence-electron chi connectivity index (χ4n) is 1.99. The molecule has 0 saturated carbocycles. The lowest BCUT2D eigenvalue weighted by Gasteiger charge is -2.13. The highest BCUT2D eigenvalue weighted by Gasteiger charge is 2.16. The number of nitrogens with zero attached hydrogens (tertiary/aromatic N) is 1. The van der Waals surface area contributed by atoms with Crippen molar-refractivity contribution in [1.82, 2.24) is 10.3 Å². The predicted molar refractivity (Wildman–Crippen MR) is 61.2 cm³/mol. The molecular weight excluding hydrogens is 204 g/mol. The Hall–Kier alpha value is -0.870. The van der Waals surface area contributed by atoms with Crippen molar-refractivity contribution in [2.45, 2.75) is 45.3 Å². The Labute approximate surface area is 96.4 Å². The number of aryl methyl sites for hydroxylation is 1. The van der Waals surface area contributed by atoms with Crippen molar-refractivity contribution in [2.24, 2.45) is 0 Å². The van der Waals surface area contributed by atoms with Crippen LogP contribution in [0.25, 0.3) is 0 Å². The minimum absolute atomic E-state index is 0.176. The Morgan fingerprint density at radius 2 is 2.50 bits per heavy atom. The molecule has 0 bridgehead atoms. The molecule has 1 aromatic heterocycles. The molecule has 0 radical (unpaired) electrons. The van der Waals surface area contributed by atoms with Crippen molar-refractivity contribution >= 4 is 0 Å². The molecule has 4 heteroatoms. The number of aromatic nitrogens is 1. The highest BCUT2D eigenvalue weighted by Crippen LogP contribution is 2.16. The van der Waals surface area contributed by atoms with E-state index in [2.05, 4.69) is 17.2 Å². The first-order valence-electron chi connectivity index (χ1n) is 6.03. The van der Waals surface area contributed by atoms with Gasteiger partial charge in [-0.3, -0.25) is 0 Å². The Kier molecular flexibility index (Phi) is 3.96. The van der Waals surface area contributed by atoms with Gasteiger partial charge in [0.2, 0.25) is 5.89 Å². The summed E-state index contributed by atoms with van der Waals surface area (Å²) in [4.78, 5) is 4.21. The van der Waals surface area contributed by atoms with E-state index in [1.165, 1.54) is 12.8 Å². The van der Waals surface area contributed by atoms with Gasteiger partial charge in [0.25, 0.3) is 0 Å². The molecule has 1 aromatic rings. The first-order chi connectivity index (χ1) is 7.75. The summed E-state index contributed by atoms with van der Waals surface area (Å²) >= 11 is 0. The Morgan fingerprint density at radius 3 is 3.12 bits per heavy atom. The molecule has 2 unspecified atom stereocenters. The summed E-state index contributed by atoms with van der Waals surface area (Å²) in [6.07, 6.45) is 5.69. The van der Waals surface area contributed by atoms with Crippen molar-refractivity contribution in [3.05, 3.63) is 17.8 Å². The van der Waals surface area contributed by atoms with Gasteiger partial charge in [-0.1, -0.05) is 0 Å². The van der Waals surface area contributed by atoms with Gasteiger partial charge in [0.05, 0.1) is 18.3 Å². The molecule has 0 amide bonds. The third kappa shape index (κ3) is 3.06. The van der Waals surface area contributed by atoms with E-state index in [9.17, 15) is 0 Å². The van der Waals surface area contributed by atoms with Crippen LogP contribution in [-0.4, -0.2) is 24.2 Å². The van der Waals surface area contributed by atoms with Crippen LogP contribution in [0.2, 0.25) is 0 Å². The zero-order valence-corrected chi connectivity index (χ0v) is 10.0. The molecule has 1 saturated heterocycles. The molecule has 2 heterocycles. The van der Waals surface area contributed by atoms with Gasteiger partial charge >= 0.3 is 0 Å². The summed E-state index contributed by atoms with van der Waals surface area (Å²) in [7, 11) is 0. The number of hydrogen-bond acceptors (Lipinski definition) is 4. The average molecular weight is 224 g/mol. The molecule has 0 aliphatic carbocycles. The van der Waals surface area contributed by atoms with Crippen LogP contribution in [0.15, 0.2) is 10.6 Å². The van der Waals surface area contributed by atoms with E-state index in [4.69, 9.17) is 9.15 Å². The quantitative estimate of drug-likeness (QED) is 0.833. The molecule has 2 atom stereocenters. The van der Waals surface area contributed by atoms with Gasteiger partial charge in [-0.25, -0.2) is 4.98 Å². The smallest absolute Gasteiger partial charge is 0.211 e. The zero-order chi connectivity index (χ0) is 11.4. The third-order valence-electron chi connectivity index (χ3n) is 2.95. The Bertz CT molecular complexity index is 319. The molecule has 4 nitrogen and oxygen atoms in total. The fraction of sp³-hybridized carbons (Fsp3) is 0.750. The number of ether oxygens (including phenoxy) is 1. The monoisotopic (exact) mass is 224 g/mol. The lowest BCUT2D eigenvalue weighted by molar-refractivity contribution is 0.103. The summed E-state index contributed by atoms with van der Waals surface area (Å²) in [5.41, 5.74) is 0. The van der Waals surface area contributed by atoms with E-state index in [0.29, 0.717) is 6.10 Å². The second kappa shape index (κ2) is 5.46. The summed E-state index contributed by atoms with van der Waals surface area (Å²) in [5, 5.41) is 3.40. The van der Waals surface area contributed by atoms with E-state index < -0.39 is 0 Å². The van der Waals surface area contributed by atoms with Crippen LogP contribution in [0.5, 0.6) is 0 Å². The number of rotatable bonds is 5. The van der Waals surface area contributed by atoms with Crippen molar-refractivity contribution in [2.75, 3.05) is 13.2 Å². The fourth-order valence-corrected chi connectivity index (χ4v) is 1.99. The Balaban J connectivity index is 1.69. The topological polar surface area (TPSA) is 47.3 Å². The Morgan fingerprint density at radius 1 is 1.62 bits per heavy atom. The van der Waals surface area contributed by atoms with Gasteiger partial charge in [-0.2, -0.15) is 0 Å². The second-order valence-corrected chi connectivity index (χ2v) is 4.41. The lowest BCUT2D eigenvalue weighted by atomic mass is 10.2. The molecule has 16 heavy (non-hydrogen) atoms. The second-order valence-electron chi connectivity index (χ2n) is 4.41. The first kappa shape index (κ1) is 11.6. The van der Waals surface area contributed by atoms with Crippen LogP contribution in [0.4, 0.5) is 0 Å². The van der Waals surface area contributed by atoms with Gasteiger partial charge in [-0.05, 0) is 39.7 Å². The van der Waals surface area contributed by atoms with Gasteiger partial charge in [-0.15, -0.1) is 0 Å². The van der Waals surface area contributed by atoms with E-state index in [1.807, 2.05) is 6.92 Å². The van der Waals surface area contributed by atoms with Gasteiger partial charge < -0.3 is 14.5 Å². The predicted octanol–water partition coefficient (Wildman–Crippen LogP) is 2.20. The molecule has 0 aromatic carbocycles. The maximum atomic E-state index is 5.57. The van der Waals surface area contributed by atoms with Crippen molar-refractivity contribution in [3.8, 4) is 0 Å². The first-order valence-corrected chi connectivity index (χ1v) is 6.03. The van der Waals surface area contributed by atoms with Crippen LogP contribution in [0, 0.1) is 6.92 Å². The minimum atomic E-state index is 0.176. The minimum Gasteiger partial charge on any atom is -0.444 e. The maximum Gasteiger partial charge on any atom is 0.211 e. The molecule has 1 N–H and O–H groups in total. The molecule has 1 aliphatic rings. The van der Waals surface area contributed by atoms with E-state index in [0.717, 1.165) is 31.2 Å². The third-order valence-corrected chi connectivity index (χ3v) is 2.95. The van der Waals surface area contributed by atoms with Gasteiger partial charge in [0, 0.05) is 6.61 Å². The molecule has 0 spiro atoms. The summed E-state index contributed by atoms with van der Waals surface area (Å²) in [5.74, 6) is 1.63. The lowest BCUT2D eigenvalue weighted by Crippen LogP contribution is -2.23. The SMILES string of the molecule is Cc1cnc(C(C)NCCC2CCCO2)o1. The number of hydrogen-bond donors (Lipinski definition) is 1. The van der Waals surface area contributed by atoms with E-state index in [-0.39, 0.29) is 6.04 Å². The zero-order valence-electron chi connectivity index (χ0n) is 10.0. The van der Waals surface area contributed by atoms with Crippen molar-refractivity contribution in [1.29, 1.82) is 0 Å². The van der Waals surface area contributed by atoms with Gasteiger partial charge in [0.1, 0.15) is 5.76 Å². The van der Waals surface area contributed by atoms with Crippen molar-refractivity contribution < 1.29 is 9.15 Å². The van der Waals surface area contributed by atoms with E-state index in [1.54, 1.807) is 6.20 Å². The van der Waals surface area contributed by atoms with Crippen LogP contribution in [-0.2, 0) is 4.74 Å². The highest BCUT2D eigenvalue weighted by molar-refractivity contribution is 4.94. The molecular formula is C12H20N2O2. The van der Waals surface area contributed by atoms with Crippen LogP contribution in [0.1, 0.15) is 43.9 Å². The summed E-state index contributed by atoms with van der Waals surface area (Å²) in [6.45, 7) is 5.86. The number of nitrogens with one attached hydrogen (secondary N) is 1. The largest absolute Gasteiger partial charge is 0.444 e. The summed E-state index contributed by atoms with van der Waals surface area (Å²) in [6, 6.07) is 0.176. The van der Waals surface area contributed by atoms with Crippen LogP contribution >= 0.6 is 0 Å². The summed E-state index contributed by atoms with van der Waals surface area (Å²) < 4.78 is 11.0. The molecule has 90 valence electrons. The maximum absolute atomic E-state index is 5.57. The highest BCUT2D eigenvalue weighted by atomic mass is 16.5. The molecule has 2 rings (SSSR count). The normalized spacial score (nSPS) is 22.5. The van der Waals surface area contributed by atoms with Crippen LogP contribution < -0.4 is 5.32 Å². The van der Waals surface area contributed by atoms with Crippen LogP contribution in [0.3, 0.4) is 0 Å². The standard InChI is InChI=1S/C12H20N2O2/c1-9-8-14-12(16-9)10(2)13-6-5-11-4-3-7-15-11/h8,10-11,13H,3-7H2,1-2H3.